The van der Waals surface area contributed by atoms with Gasteiger partial charge in [0.05, 0.1) is 16.1 Å². The van der Waals surface area contributed by atoms with Crippen LogP contribution in [0.15, 0.2) is 51.8 Å². The van der Waals surface area contributed by atoms with Gasteiger partial charge in [-0.2, -0.15) is 0 Å². The Balaban J connectivity index is 2.47. The van der Waals surface area contributed by atoms with Crippen LogP contribution in [0, 0.1) is 0 Å². The summed E-state index contributed by atoms with van der Waals surface area (Å²) in [5.74, 6) is -1.25. The summed E-state index contributed by atoms with van der Waals surface area (Å²) in [4.78, 5) is 11.0. The second-order valence-electron chi connectivity index (χ2n) is 4.19. The average molecular weight is 371 g/mol. The fourth-order valence-corrected chi connectivity index (χ4v) is 2.65. The number of primary sulfonamides is 1. The lowest BCUT2D eigenvalue weighted by molar-refractivity contribution is 0.0697. The van der Waals surface area contributed by atoms with Crippen LogP contribution in [0.25, 0.3) is 0 Å². The van der Waals surface area contributed by atoms with E-state index in [1.54, 1.807) is 18.2 Å². The van der Waals surface area contributed by atoms with E-state index in [0.29, 0.717) is 5.69 Å². The molecule has 2 aromatic carbocycles. The van der Waals surface area contributed by atoms with Crippen LogP contribution in [-0.2, 0) is 10.0 Å². The zero-order valence-corrected chi connectivity index (χ0v) is 13.0. The number of benzene rings is 2. The third-order valence-corrected chi connectivity index (χ3v) is 4.06. The summed E-state index contributed by atoms with van der Waals surface area (Å²) in [5, 5.41) is 17.1. The SMILES string of the molecule is NS(=O)(=O)c1ccc(Nc2cccc(Br)c2)c(C(=O)O)c1. The van der Waals surface area contributed by atoms with Crippen LogP contribution in [0.2, 0.25) is 0 Å². The Kier molecular flexibility index (Phi) is 4.31. The number of rotatable bonds is 4. The quantitative estimate of drug-likeness (QED) is 0.765. The lowest BCUT2D eigenvalue weighted by atomic mass is 10.1. The number of sulfonamides is 1. The topological polar surface area (TPSA) is 109 Å². The van der Waals surface area contributed by atoms with Crippen molar-refractivity contribution in [2.75, 3.05) is 5.32 Å². The number of hydrogen-bond donors (Lipinski definition) is 3. The Labute approximate surface area is 129 Å². The van der Waals surface area contributed by atoms with Crippen molar-refractivity contribution in [2.24, 2.45) is 5.14 Å². The van der Waals surface area contributed by atoms with Crippen LogP contribution in [0.1, 0.15) is 10.4 Å². The van der Waals surface area contributed by atoms with Crippen molar-refractivity contribution in [3.63, 3.8) is 0 Å². The van der Waals surface area contributed by atoms with Gasteiger partial charge in [-0.15, -0.1) is 0 Å². The third kappa shape index (κ3) is 3.81. The minimum absolute atomic E-state index is 0.179. The molecule has 0 aliphatic heterocycles. The first kappa shape index (κ1) is 15.5. The number of hydrogen-bond acceptors (Lipinski definition) is 4. The molecule has 0 saturated heterocycles. The average Bonchev–Trinajstić information content (AvgIpc) is 2.37. The van der Waals surface area contributed by atoms with Gasteiger partial charge in [-0.25, -0.2) is 18.4 Å². The lowest BCUT2D eigenvalue weighted by Gasteiger charge is -2.11. The largest absolute Gasteiger partial charge is 0.478 e. The van der Waals surface area contributed by atoms with E-state index in [1.807, 2.05) is 6.07 Å². The summed E-state index contributed by atoms with van der Waals surface area (Å²) in [7, 11) is -3.95. The van der Waals surface area contributed by atoms with Crippen LogP contribution in [0.5, 0.6) is 0 Å². The Hall–Kier alpha value is -1.90. The number of aromatic carboxylic acids is 1. The van der Waals surface area contributed by atoms with E-state index < -0.39 is 16.0 Å². The fourth-order valence-electron chi connectivity index (χ4n) is 1.71. The number of nitrogens with one attached hydrogen (secondary N) is 1. The minimum atomic E-state index is -3.95. The van der Waals surface area contributed by atoms with Gasteiger partial charge in [0.15, 0.2) is 0 Å². The van der Waals surface area contributed by atoms with Gasteiger partial charge in [-0.3, -0.25) is 0 Å². The van der Waals surface area contributed by atoms with Crippen molar-refractivity contribution in [3.8, 4) is 0 Å². The van der Waals surface area contributed by atoms with Gasteiger partial charge in [0, 0.05) is 10.2 Å². The Morgan fingerprint density at radius 3 is 2.48 bits per heavy atom. The molecular formula is C13H11BrN2O4S. The first-order valence-corrected chi connectivity index (χ1v) is 8.04. The highest BCUT2D eigenvalue weighted by molar-refractivity contribution is 9.10. The van der Waals surface area contributed by atoms with Crippen molar-refractivity contribution in [1.82, 2.24) is 0 Å². The van der Waals surface area contributed by atoms with Crippen molar-refractivity contribution >= 4 is 43.3 Å². The van der Waals surface area contributed by atoms with E-state index in [0.717, 1.165) is 10.5 Å². The highest BCUT2D eigenvalue weighted by Gasteiger charge is 2.16. The molecule has 0 amide bonds. The molecule has 0 spiro atoms. The molecule has 0 aromatic heterocycles. The molecular weight excluding hydrogens is 360 g/mol. The summed E-state index contributed by atoms with van der Waals surface area (Å²) in [6, 6.07) is 10.8. The standard InChI is InChI=1S/C13H11BrN2O4S/c14-8-2-1-3-9(6-8)16-12-5-4-10(21(15,19)20)7-11(12)13(17)18/h1-7,16H,(H,17,18)(H2,15,19,20). The van der Waals surface area contributed by atoms with E-state index in [9.17, 15) is 18.3 Å². The summed E-state index contributed by atoms with van der Waals surface area (Å²) < 4.78 is 23.4. The molecule has 0 unspecified atom stereocenters. The zero-order chi connectivity index (χ0) is 15.6. The molecule has 110 valence electrons. The molecule has 0 aliphatic carbocycles. The van der Waals surface area contributed by atoms with Crippen LogP contribution < -0.4 is 10.5 Å². The van der Waals surface area contributed by atoms with Crippen molar-refractivity contribution in [1.29, 1.82) is 0 Å². The maximum atomic E-state index is 11.3. The number of nitrogens with two attached hydrogens (primary N) is 1. The predicted molar refractivity (Wildman–Crippen MR) is 82.2 cm³/mol. The van der Waals surface area contributed by atoms with E-state index in [2.05, 4.69) is 21.2 Å². The van der Waals surface area contributed by atoms with Gasteiger partial charge in [0.2, 0.25) is 10.0 Å². The summed E-state index contributed by atoms with van der Waals surface area (Å²) >= 11 is 3.31. The molecule has 0 radical (unpaired) electrons. The number of anilines is 2. The molecule has 0 heterocycles. The summed E-state index contributed by atoms with van der Waals surface area (Å²) in [6.45, 7) is 0. The molecule has 2 aromatic rings. The third-order valence-electron chi connectivity index (χ3n) is 2.65. The van der Waals surface area contributed by atoms with E-state index in [-0.39, 0.29) is 16.1 Å². The highest BCUT2D eigenvalue weighted by atomic mass is 79.9. The summed E-state index contributed by atoms with van der Waals surface area (Å²) in [6.07, 6.45) is 0. The van der Waals surface area contributed by atoms with Gasteiger partial charge in [0.25, 0.3) is 0 Å². The minimum Gasteiger partial charge on any atom is -0.478 e. The highest BCUT2D eigenvalue weighted by Crippen LogP contribution is 2.25. The van der Waals surface area contributed by atoms with E-state index >= 15 is 0 Å². The maximum absolute atomic E-state index is 11.3. The lowest BCUT2D eigenvalue weighted by Crippen LogP contribution is -2.13. The van der Waals surface area contributed by atoms with Gasteiger partial charge < -0.3 is 10.4 Å². The Morgan fingerprint density at radius 1 is 1.19 bits per heavy atom. The van der Waals surface area contributed by atoms with E-state index in [4.69, 9.17) is 5.14 Å². The smallest absolute Gasteiger partial charge is 0.337 e. The fraction of sp³-hybridized carbons (Fsp3) is 0. The first-order valence-electron chi connectivity index (χ1n) is 5.70. The predicted octanol–water partition coefficient (Wildman–Crippen LogP) is 2.54. The first-order chi connectivity index (χ1) is 9.77. The molecule has 0 aliphatic rings. The number of carbonyl (C=O) groups is 1. The van der Waals surface area contributed by atoms with Crippen LogP contribution >= 0.6 is 15.9 Å². The van der Waals surface area contributed by atoms with Crippen molar-refractivity contribution in [2.45, 2.75) is 4.90 Å². The van der Waals surface area contributed by atoms with Crippen molar-refractivity contribution < 1.29 is 18.3 Å². The molecule has 4 N–H and O–H groups in total. The Morgan fingerprint density at radius 2 is 1.90 bits per heavy atom. The molecule has 21 heavy (non-hydrogen) atoms. The van der Waals surface area contributed by atoms with Gasteiger partial charge in [-0.1, -0.05) is 22.0 Å². The monoisotopic (exact) mass is 370 g/mol. The van der Waals surface area contributed by atoms with E-state index in [1.165, 1.54) is 12.1 Å². The van der Waals surface area contributed by atoms with Crippen LogP contribution in [0.4, 0.5) is 11.4 Å². The van der Waals surface area contributed by atoms with Gasteiger partial charge in [0.1, 0.15) is 0 Å². The molecule has 0 atom stereocenters. The zero-order valence-electron chi connectivity index (χ0n) is 10.6. The molecule has 0 bridgehead atoms. The number of halogens is 1. The molecule has 2 rings (SSSR count). The molecule has 6 nitrogen and oxygen atoms in total. The molecule has 0 saturated carbocycles. The second-order valence-corrected chi connectivity index (χ2v) is 6.67. The maximum Gasteiger partial charge on any atom is 0.337 e. The number of carboxylic acid groups (broad SMARTS) is 1. The number of carboxylic acids is 1. The molecule has 8 heteroatoms. The van der Waals surface area contributed by atoms with Crippen LogP contribution in [-0.4, -0.2) is 19.5 Å². The van der Waals surface area contributed by atoms with Gasteiger partial charge >= 0.3 is 5.97 Å². The second kappa shape index (κ2) is 5.84. The van der Waals surface area contributed by atoms with Crippen molar-refractivity contribution in [3.05, 3.63) is 52.5 Å². The normalized spacial score (nSPS) is 11.1. The van der Waals surface area contributed by atoms with Gasteiger partial charge in [-0.05, 0) is 36.4 Å². The molecule has 0 fully saturated rings. The summed E-state index contributed by atoms with van der Waals surface area (Å²) in [5.41, 5.74) is 0.754. The van der Waals surface area contributed by atoms with Crippen LogP contribution in [0.3, 0.4) is 0 Å². The Bertz CT molecular complexity index is 806.